The number of hydrazone groups is 1. The summed E-state index contributed by atoms with van der Waals surface area (Å²) in [4.78, 5) is 35.1. The number of ether oxygens (including phenoxy) is 1. The van der Waals surface area contributed by atoms with E-state index >= 15 is 0 Å². The second-order valence-corrected chi connectivity index (χ2v) is 7.07. The molecule has 3 aromatic carbocycles. The molecule has 1 aromatic heterocycles. The quantitative estimate of drug-likeness (QED) is 0.146. The molecule has 0 atom stereocenters. The first-order chi connectivity index (χ1) is 16.5. The number of hydrogen-bond donors (Lipinski definition) is 1. The third-order valence-corrected chi connectivity index (χ3v) is 4.79. The molecule has 9 nitrogen and oxygen atoms in total. The summed E-state index contributed by atoms with van der Waals surface area (Å²) < 4.78 is 7.17. The number of rotatable bonds is 7. The van der Waals surface area contributed by atoms with Crippen LogP contribution < -0.4 is 10.2 Å². The molecule has 34 heavy (non-hydrogen) atoms. The number of para-hydroxylation sites is 1. The van der Waals surface area contributed by atoms with Crippen LogP contribution in [0.3, 0.4) is 0 Å². The number of nitro benzene ring substituents is 1. The van der Waals surface area contributed by atoms with Crippen LogP contribution in [-0.4, -0.2) is 27.6 Å². The smallest absolute Gasteiger partial charge is 0.343 e. The number of aromatic nitrogens is 1. The Morgan fingerprint density at radius 1 is 0.941 bits per heavy atom. The standard InChI is InChI=1S/C25H18N4O5/c30-24(22-8-1-2-9-23(22)28-14-3-4-15-28)27-26-17-18-6-5-7-21(16-18)34-25(31)19-10-12-20(13-11-19)29(32)33/h1-17H,(H,27,30)/b26-17+. The van der Waals surface area contributed by atoms with E-state index in [2.05, 4.69) is 10.5 Å². The van der Waals surface area contributed by atoms with Crippen LogP contribution in [0.15, 0.2) is 102 Å². The summed E-state index contributed by atoms with van der Waals surface area (Å²) in [7, 11) is 0. The maximum Gasteiger partial charge on any atom is 0.343 e. The van der Waals surface area contributed by atoms with Crippen molar-refractivity contribution in [3.63, 3.8) is 0 Å². The molecule has 0 saturated carbocycles. The van der Waals surface area contributed by atoms with Gasteiger partial charge in [-0.05, 0) is 54.1 Å². The Morgan fingerprint density at radius 3 is 2.41 bits per heavy atom. The summed E-state index contributed by atoms with van der Waals surface area (Å²) in [5.41, 5.74) is 4.34. The number of benzene rings is 3. The zero-order valence-corrected chi connectivity index (χ0v) is 17.7. The minimum Gasteiger partial charge on any atom is -0.423 e. The topological polar surface area (TPSA) is 116 Å². The first-order valence-electron chi connectivity index (χ1n) is 10.1. The Kier molecular flexibility index (Phi) is 6.55. The number of nitrogens with one attached hydrogen (secondary N) is 1. The highest BCUT2D eigenvalue weighted by Crippen LogP contribution is 2.17. The van der Waals surface area contributed by atoms with Crippen molar-refractivity contribution >= 4 is 23.8 Å². The van der Waals surface area contributed by atoms with Crippen molar-refractivity contribution in [2.24, 2.45) is 5.10 Å². The Labute approximate surface area is 194 Å². The third kappa shape index (κ3) is 5.22. The third-order valence-electron chi connectivity index (χ3n) is 4.79. The summed E-state index contributed by atoms with van der Waals surface area (Å²) >= 11 is 0. The first-order valence-corrected chi connectivity index (χ1v) is 10.1. The summed E-state index contributed by atoms with van der Waals surface area (Å²) in [5.74, 6) is -0.767. The number of carbonyl (C=O) groups is 2. The van der Waals surface area contributed by atoms with Crippen molar-refractivity contribution < 1.29 is 19.2 Å². The molecule has 0 saturated heterocycles. The molecule has 1 heterocycles. The number of carbonyl (C=O) groups excluding carboxylic acids is 2. The fourth-order valence-electron chi connectivity index (χ4n) is 3.16. The van der Waals surface area contributed by atoms with Crippen LogP contribution in [0.5, 0.6) is 5.75 Å². The minimum atomic E-state index is -0.654. The molecule has 4 aromatic rings. The lowest BCUT2D eigenvalue weighted by atomic mass is 10.1. The van der Waals surface area contributed by atoms with E-state index in [4.69, 9.17) is 4.74 Å². The highest BCUT2D eigenvalue weighted by Gasteiger charge is 2.13. The number of amides is 1. The lowest BCUT2D eigenvalue weighted by Gasteiger charge is -2.09. The van der Waals surface area contributed by atoms with Gasteiger partial charge in [0.15, 0.2) is 0 Å². The Morgan fingerprint density at radius 2 is 1.68 bits per heavy atom. The van der Waals surface area contributed by atoms with E-state index in [0.29, 0.717) is 11.1 Å². The van der Waals surface area contributed by atoms with Gasteiger partial charge < -0.3 is 9.30 Å². The van der Waals surface area contributed by atoms with E-state index in [1.165, 1.54) is 30.5 Å². The molecule has 0 aliphatic carbocycles. The lowest BCUT2D eigenvalue weighted by molar-refractivity contribution is -0.384. The fraction of sp³-hybridized carbons (Fsp3) is 0. The lowest BCUT2D eigenvalue weighted by Crippen LogP contribution is -2.19. The number of esters is 1. The molecule has 0 unspecified atom stereocenters. The molecule has 9 heteroatoms. The molecular weight excluding hydrogens is 436 g/mol. The van der Waals surface area contributed by atoms with E-state index in [0.717, 1.165) is 5.69 Å². The van der Waals surface area contributed by atoms with Gasteiger partial charge in [-0.15, -0.1) is 0 Å². The van der Waals surface area contributed by atoms with Gasteiger partial charge in [-0.3, -0.25) is 14.9 Å². The monoisotopic (exact) mass is 454 g/mol. The van der Waals surface area contributed by atoms with E-state index < -0.39 is 10.9 Å². The molecule has 0 aliphatic heterocycles. The molecule has 0 radical (unpaired) electrons. The second kappa shape index (κ2) is 10.0. The molecule has 0 bridgehead atoms. The maximum atomic E-state index is 12.6. The van der Waals surface area contributed by atoms with Crippen LogP contribution >= 0.6 is 0 Å². The average molecular weight is 454 g/mol. The second-order valence-electron chi connectivity index (χ2n) is 7.07. The number of nitrogens with zero attached hydrogens (tertiary/aromatic N) is 3. The van der Waals surface area contributed by atoms with Crippen molar-refractivity contribution in [2.75, 3.05) is 0 Å². The molecule has 1 amide bonds. The zero-order valence-electron chi connectivity index (χ0n) is 17.7. The number of nitro groups is 1. The van der Waals surface area contributed by atoms with Crippen LogP contribution in [-0.2, 0) is 0 Å². The summed E-state index contributed by atoms with van der Waals surface area (Å²) in [5, 5.41) is 14.7. The summed E-state index contributed by atoms with van der Waals surface area (Å²) in [6, 6.07) is 22.6. The predicted octanol–water partition coefficient (Wildman–Crippen LogP) is 4.37. The normalized spacial score (nSPS) is 10.7. The highest BCUT2D eigenvalue weighted by molar-refractivity contribution is 5.98. The molecule has 168 valence electrons. The average Bonchev–Trinajstić information content (AvgIpc) is 3.39. The number of hydrogen-bond acceptors (Lipinski definition) is 6. The van der Waals surface area contributed by atoms with Gasteiger partial charge in [0.2, 0.25) is 0 Å². The fourth-order valence-corrected chi connectivity index (χ4v) is 3.16. The van der Waals surface area contributed by atoms with Gasteiger partial charge in [0.25, 0.3) is 11.6 Å². The maximum absolute atomic E-state index is 12.6. The van der Waals surface area contributed by atoms with Crippen LogP contribution in [0.4, 0.5) is 5.69 Å². The summed E-state index contributed by atoms with van der Waals surface area (Å²) in [6.45, 7) is 0. The van der Waals surface area contributed by atoms with Gasteiger partial charge >= 0.3 is 5.97 Å². The molecule has 0 aliphatic rings. The van der Waals surface area contributed by atoms with E-state index in [9.17, 15) is 19.7 Å². The minimum absolute atomic E-state index is 0.118. The van der Waals surface area contributed by atoms with Crippen molar-refractivity contribution in [3.05, 3.63) is 124 Å². The Balaban J connectivity index is 1.41. The van der Waals surface area contributed by atoms with E-state index in [1.807, 2.05) is 41.2 Å². The molecular formula is C25H18N4O5. The van der Waals surface area contributed by atoms with Crippen molar-refractivity contribution in [1.82, 2.24) is 9.99 Å². The van der Waals surface area contributed by atoms with Crippen LogP contribution in [0.25, 0.3) is 5.69 Å². The van der Waals surface area contributed by atoms with Gasteiger partial charge in [-0.25, -0.2) is 10.2 Å². The number of non-ortho nitro benzene ring substituents is 1. The zero-order chi connectivity index (χ0) is 23.9. The van der Waals surface area contributed by atoms with E-state index in [-0.39, 0.29) is 22.9 Å². The van der Waals surface area contributed by atoms with Crippen molar-refractivity contribution in [2.45, 2.75) is 0 Å². The van der Waals surface area contributed by atoms with Crippen LogP contribution in [0.2, 0.25) is 0 Å². The van der Waals surface area contributed by atoms with Crippen molar-refractivity contribution in [3.8, 4) is 11.4 Å². The molecule has 4 rings (SSSR count). The van der Waals surface area contributed by atoms with Crippen LogP contribution in [0, 0.1) is 10.1 Å². The molecule has 0 fully saturated rings. The van der Waals surface area contributed by atoms with Gasteiger partial charge in [0.05, 0.1) is 28.0 Å². The highest BCUT2D eigenvalue weighted by atomic mass is 16.6. The predicted molar refractivity (Wildman–Crippen MR) is 125 cm³/mol. The van der Waals surface area contributed by atoms with Gasteiger partial charge in [-0.2, -0.15) is 5.10 Å². The van der Waals surface area contributed by atoms with Gasteiger partial charge in [0, 0.05) is 24.5 Å². The van der Waals surface area contributed by atoms with E-state index in [1.54, 1.807) is 36.4 Å². The first kappa shape index (κ1) is 22.2. The summed E-state index contributed by atoms with van der Waals surface area (Å²) in [6.07, 6.45) is 5.12. The van der Waals surface area contributed by atoms with Crippen LogP contribution in [0.1, 0.15) is 26.3 Å². The molecule has 0 spiro atoms. The van der Waals surface area contributed by atoms with Crippen molar-refractivity contribution in [1.29, 1.82) is 0 Å². The van der Waals surface area contributed by atoms with Gasteiger partial charge in [-0.1, -0.05) is 24.3 Å². The largest absolute Gasteiger partial charge is 0.423 e. The Hall–Kier alpha value is -5.05. The van der Waals surface area contributed by atoms with Gasteiger partial charge in [0.1, 0.15) is 5.75 Å². The SMILES string of the molecule is O=C(Oc1cccc(/C=N/NC(=O)c2ccccc2-n2cccc2)c1)c1ccc([N+](=O)[O-])cc1. The molecule has 1 N–H and O–H groups in total. The Bertz CT molecular complexity index is 1360.